The maximum Gasteiger partial charge on any atom is 0.308 e. The third-order valence-electron chi connectivity index (χ3n) is 1.90. The summed E-state index contributed by atoms with van der Waals surface area (Å²) in [5.74, 6) is 1.29. The largest absolute Gasteiger partial charge is 0.493 e. The Hall–Kier alpha value is -1.91. The number of methoxy groups -OCH3 is 3. The van der Waals surface area contributed by atoms with Crippen LogP contribution in [0.5, 0.6) is 23.0 Å². The second-order valence-corrected chi connectivity index (χ2v) is 2.95. The lowest BCUT2D eigenvalue weighted by Crippen LogP contribution is -2.03. The van der Waals surface area contributed by atoms with Crippen molar-refractivity contribution in [3.63, 3.8) is 0 Å². The molecule has 0 atom stereocenters. The number of benzene rings is 1. The van der Waals surface area contributed by atoms with Gasteiger partial charge in [-0.25, -0.2) is 0 Å². The first-order valence-corrected chi connectivity index (χ1v) is 4.60. The lowest BCUT2D eigenvalue weighted by Gasteiger charge is -2.13. The van der Waals surface area contributed by atoms with Crippen molar-refractivity contribution in [2.45, 2.75) is 6.92 Å². The molecule has 0 N–H and O–H groups in total. The summed E-state index contributed by atoms with van der Waals surface area (Å²) in [6, 6.07) is 3.12. The fraction of sp³-hybridized carbons (Fsp3) is 0.364. The van der Waals surface area contributed by atoms with Crippen LogP contribution in [0.4, 0.5) is 0 Å². The quantitative estimate of drug-likeness (QED) is 0.577. The van der Waals surface area contributed by atoms with Crippen molar-refractivity contribution >= 4 is 5.97 Å². The molecule has 1 rings (SSSR count). The van der Waals surface area contributed by atoms with Crippen molar-refractivity contribution in [3.05, 3.63) is 12.1 Å². The summed E-state index contributed by atoms with van der Waals surface area (Å²) >= 11 is 0. The molecule has 0 unspecified atom stereocenters. The minimum atomic E-state index is -0.408. The van der Waals surface area contributed by atoms with E-state index in [0.717, 1.165) is 0 Å². The van der Waals surface area contributed by atoms with E-state index < -0.39 is 5.97 Å². The number of carbonyl (C=O) groups is 1. The maximum atomic E-state index is 10.8. The van der Waals surface area contributed by atoms with Gasteiger partial charge in [0.15, 0.2) is 11.5 Å². The molecule has 0 aliphatic carbocycles. The lowest BCUT2D eigenvalue weighted by atomic mass is 10.2. The molecular formula is C11H14O5. The summed E-state index contributed by atoms with van der Waals surface area (Å²) in [6.07, 6.45) is 0. The zero-order valence-corrected chi connectivity index (χ0v) is 9.70. The van der Waals surface area contributed by atoms with E-state index >= 15 is 0 Å². The predicted octanol–water partition coefficient (Wildman–Crippen LogP) is 1.64. The third-order valence-corrected chi connectivity index (χ3v) is 1.90. The van der Waals surface area contributed by atoms with E-state index in [0.29, 0.717) is 23.0 Å². The predicted molar refractivity (Wildman–Crippen MR) is 57.4 cm³/mol. The fourth-order valence-corrected chi connectivity index (χ4v) is 1.28. The van der Waals surface area contributed by atoms with E-state index in [9.17, 15) is 4.79 Å². The van der Waals surface area contributed by atoms with Crippen LogP contribution >= 0.6 is 0 Å². The highest BCUT2D eigenvalue weighted by Gasteiger charge is 2.14. The van der Waals surface area contributed by atoms with Crippen LogP contribution in [0.25, 0.3) is 0 Å². The SMILES string of the molecule is COc1cc(OC(C)=O)cc(OC)c1OC. The Labute approximate surface area is 93.9 Å². The molecule has 0 bridgehead atoms. The van der Waals surface area contributed by atoms with Gasteiger partial charge in [0.2, 0.25) is 5.75 Å². The number of carbonyl (C=O) groups excluding carboxylic acids is 1. The molecule has 88 valence electrons. The molecule has 1 aromatic rings. The highest BCUT2D eigenvalue weighted by Crippen LogP contribution is 2.40. The zero-order valence-electron chi connectivity index (χ0n) is 9.70. The van der Waals surface area contributed by atoms with Crippen molar-refractivity contribution in [1.82, 2.24) is 0 Å². The molecule has 5 heteroatoms. The van der Waals surface area contributed by atoms with Gasteiger partial charge in [0.05, 0.1) is 21.3 Å². The molecule has 5 nitrogen and oxygen atoms in total. The van der Waals surface area contributed by atoms with E-state index in [4.69, 9.17) is 18.9 Å². The zero-order chi connectivity index (χ0) is 12.1. The van der Waals surface area contributed by atoms with Gasteiger partial charge in [-0.05, 0) is 0 Å². The molecule has 0 heterocycles. The first-order chi connectivity index (χ1) is 7.62. The lowest BCUT2D eigenvalue weighted by molar-refractivity contribution is -0.131. The fourth-order valence-electron chi connectivity index (χ4n) is 1.28. The van der Waals surface area contributed by atoms with E-state index in [1.165, 1.54) is 28.3 Å². The third kappa shape index (κ3) is 2.56. The van der Waals surface area contributed by atoms with Crippen LogP contribution in [0.3, 0.4) is 0 Å². The molecule has 0 fully saturated rings. The van der Waals surface area contributed by atoms with Crippen molar-refractivity contribution in [2.24, 2.45) is 0 Å². The number of rotatable bonds is 4. The van der Waals surface area contributed by atoms with Crippen molar-refractivity contribution in [3.8, 4) is 23.0 Å². The summed E-state index contributed by atoms with van der Waals surface area (Å²) in [6.45, 7) is 1.32. The number of ether oxygens (including phenoxy) is 4. The molecule has 1 aromatic carbocycles. The Morgan fingerprint density at radius 3 is 1.81 bits per heavy atom. The van der Waals surface area contributed by atoms with Gasteiger partial charge in [-0.2, -0.15) is 0 Å². The summed E-state index contributed by atoms with van der Waals surface area (Å²) in [7, 11) is 4.50. The maximum absolute atomic E-state index is 10.8. The number of hydrogen-bond acceptors (Lipinski definition) is 5. The molecule has 0 amide bonds. The van der Waals surface area contributed by atoms with Gasteiger partial charge in [-0.1, -0.05) is 0 Å². The second kappa shape index (κ2) is 5.25. The topological polar surface area (TPSA) is 54.0 Å². The number of esters is 1. The Morgan fingerprint density at radius 1 is 1.00 bits per heavy atom. The van der Waals surface area contributed by atoms with Crippen LogP contribution in [0.15, 0.2) is 12.1 Å². The first-order valence-electron chi connectivity index (χ1n) is 4.60. The van der Waals surface area contributed by atoms with Crippen LogP contribution in [0.1, 0.15) is 6.92 Å². The van der Waals surface area contributed by atoms with Gasteiger partial charge >= 0.3 is 5.97 Å². The van der Waals surface area contributed by atoms with Crippen molar-refractivity contribution < 1.29 is 23.7 Å². The van der Waals surface area contributed by atoms with E-state index in [2.05, 4.69) is 0 Å². The molecule has 0 aliphatic heterocycles. The highest BCUT2D eigenvalue weighted by atomic mass is 16.5. The van der Waals surface area contributed by atoms with Crippen molar-refractivity contribution in [1.29, 1.82) is 0 Å². The summed E-state index contributed by atoms with van der Waals surface area (Å²) < 4.78 is 20.3. The standard InChI is InChI=1S/C11H14O5/c1-7(12)16-8-5-9(13-2)11(15-4)10(6-8)14-3/h5-6H,1-4H3. The first kappa shape index (κ1) is 12.2. The van der Waals surface area contributed by atoms with Crippen LogP contribution in [0.2, 0.25) is 0 Å². The molecule has 0 saturated heterocycles. The van der Waals surface area contributed by atoms with Crippen molar-refractivity contribution in [2.75, 3.05) is 21.3 Å². The van der Waals surface area contributed by atoms with Gasteiger partial charge < -0.3 is 18.9 Å². The summed E-state index contributed by atoms with van der Waals surface area (Å²) in [5.41, 5.74) is 0. The van der Waals surface area contributed by atoms with Gasteiger partial charge in [0, 0.05) is 19.1 Å². The van der Waals surface area contributed by atoms with Crippen LogP contribution < -0.4 is 18.9 Å². The molecule has 0 aromatic heterocycles. The van der Waals surface area contributed by atoms with Gasteiger partial charge in [0.25, 0.3) is 0 Å². The summed E-state index contributed by atoms with van der Waals surface area (Å²) in [4.78, 5) is 10.8. The average Bonchev–Trinajstić information content (AvgIpc) is 2.26. The minimum Gasteiger partial charge on any atom is -0.493 e. The normalized spacial score (nSPS) is 9.50. The monoisotopic (exact) mass is 226 g/mol. The van der Waals surface area contributed by atoms with E-state index in [1.807, 2.05) is 0 Å². The Kier molecular flexibility index (Phi) is 3.99. The van der Waals surface area contributed by atoms with Crippen LogP contribution in [0, 0.1) is 0 Å². The Bertz CT molecular complexity index is 361. The smallest absolute Gasteiger partial charge is 0.308 e. The molecule has 0 saturated carbocycles. The van der Waals surface area contributed by atoms with Gasteiger partial charge in [-0.15, -0.1) is 0 Å². The van der Waals surface area contributed by atoms with Gasteiger partial charge in [-0.3, -0.25) is 4.79 Å². The van der Waals surface area contributed by atoms with Crippen LogP contribution in [-0.2, 0) is 4.79 Å². The van der Waals surface area contributed by atoms with E-state index in [-0.39, 0.29) is 0 Å². The molecule has 0 spiro atoms. The molecule has 0 aliphatic rings. The second-order valence-electron chi connectivity index (χ2n) is 2.95. The minimum absolute atomic E-state index is 0.349. The Balaban J connectivity index is 3.20. The Morgan fingerprint density at radius 2 is 1.50 bits per heavy atom. The molecule has 16 heavy (non-hydrogen) atoms. The van der Waals surface area contributed by atoms with Gasteiger partial charge in [0.1, 0.15) is 5.75 Å². The molecular weight excluding hydrogens is 212 g/mol. The van der Waals surface area contributed by atoms with E-state index in [1.54, 1.807) is 12.1 Å². The highest BCUT2D eigenvalue weighted by molar-refractivity contribution is 5.70. The summed E-state index contributed by atoms with van der Waals surface area (Å²) in [5, 5.41) is 0. The number of hydrogen-bond donors (Lipinski definition) is 0. The average molecular weight is 226 g/mol. The molecule has 0 radical (unpaired) electrons. The van der Waals surface area contributed by atoms with Crippen LogP contribution in [-0.4, -0.2) is 27.3 Å².